The van der Waals surface area contributed by atoms with Gasteiger partial charge in [0.05, 0.1) is 6.42 Å². The van der Waals surface area contributed by atoms with E-state index in [1.54, 1.807) is 30.3 Å². The summed E-state index contributed by atoms with van der Waals surface area (Å²) in [6.45, 7) is 1.46. The van der Waals surface area contributed by atoms with Crippen LogP contribution in [0.4, 0.5) is 5.69 Å². The number of phenols is 2. The molecule has 0 spiro atoms. The van der Waals surface area contributed by atoms with Crippen LogP contribution in [-0.2, 0) is 11.2 Å². The van der Waals surface area contributed by atoms with E-state index >= 15 is 0 Å². The quantitative estimate of drug-likeness (QED) is 0.595. The van der Waals surface area contributed by atoms with Gasteiger partial charge >= 0.3 is 0 Å². The van der Waals surface area contributed by atoms with Crippen LogP contribution in [0.2, 0.25) is 0 Å². The number of carbonyl (C=O) groups excluding carboxylic acids is 2. The van der Waals surface area contributed by atoms with Gasteiger partial charge in [0, 0.05) is 11.3 Å². The van der Waals surface area contributed by atoms with Gasteiger partial charge in [-0.25, -0.2) is 0 Å². The second kappa shape index (κ2) is 6.09. The third-order valence-corrected chi connectivity index (χ3v) is 2.96. The smallest absolute Gasteiger partial charge is 0.228 e. The number of nitrogens with one attached hydrogen (secondary N) is 1. The molecular formula is C16H15NO4. The number of hydrogen-bond donors (Lipinski definition) is 3. The summed E-state index contributed by atoms with van der Waals surface area (Å²) < 4.78 is 0. The van der Waals surface area contributed by atoms with Crippen molar-refractivity contribution in [3.8, 4) is 11.5 Å². The van der Waals surface area contributed by atoms with Gasteiger partial charge in [0.1, 0.15) is 0 Å². The molecule has 0 aliphatic heterocycles. The van der Waals surface area contributed by atoms with Gasteiger partial charge in [-0.15, -0.1) is 0 Å². The number of hydrogen-bond acceptors (Lipinski definition) is 4. The lowest BCUT2D eigenvalue weighted by atomic mass is 10.1. The van der Waals surface area contributed by atoms with Gasteiger partial charge in [0.2, 0.25) is 5.91 Å². The zero-order chi connectivity index (χ0) is 15.4. The van der Waals surface area contributed by atoms with Crippen molar-refractivity contribution < 1.29 is 19.8 Å². The van der Waals surface area contributed by atoms with Gasteiger partial charge in [0.25, 0.3) is 0 Å². The van der Waals surface area contributed by atoms with E-state index in [1.165, 1.54) is 19.1 Å². The lowest BCUT2D eigenvalue weighted by Gasteiger charge is -2.07. The minimum atomic E-state index is -0.277. The SMILES string of the molecule is CC(=O)c1cccc(NC(=O)Cc2ccc(O)c(O)c2)c1. The van der Waals surface area contributed by atoms with E-state index in [-0.39, 0.29) is 29.6 Å². The molecule has 0 unspecified atom stereocenters. The predicted molar refractivity (Wildman–Crippen MR) is 78.6 cm³/mol. The van der Waals surface area contributed by atoms with Crippen LogP contribution >= 0.6 is 0 Å². The van der Waals surface area contributed by atoms with Crippen LogP contribution in [-0.4, -0.2) is 21.9 Å². The molecule has 5 heteroatoms. The van der Waals surface area contributed by atoms with Gasteiger partial charge < -0.3 is 15.5 Å². The van der Waals surface area contributed by atoms with E-state index < -0.39 is 0 Å². The van der Waals surface area contributed by atoms with Crippen LogP contribution in [0.1, 0.15) is 22.8 Å². The Morgan fingerprint density at radius 1 is 1.05 bits per heavy atom. The summed E-state index contributed by atoms with van der Waals surface area (Å²) in [5.41, 5.74) is 1.64. The van der Waals surface area contributed by atoms with E-state index in [1.807, 2.05) is 0 Å². The molecule has 0 saturated heterocycles. The number of benzene rings is 2. The van der Waals surface area contributed by atoms with Crippen LogP contribution in [0.5, 0.6) is 11.5 Å². The Hall–Kier alpha value is -2.82. The minimum absolute atomic E-state index is 0.0537. The van der Waals surface area contributed by atoms with Crippen molar-refractivity contribution in [1.29, 1.82) is 0 Å². The highest BCUT2D eigenvalue weighted by atomic mass is 16.3. The maximum Gasteiger partial charge on any atom is 0.228 e. The van der Waals surface area contributed by atoms with Crippen molar-refractivity contribution in [2.24, 2.45) is 0 Å². The molecule has 0 aliphatic rings. The van der Waals surface area contributed by atoms with Crippen LogP contribution in [0, 0.1) is 0 Å². The summed E-state index contributed by atoms with van der Waals surface area (Å²) in [7, 11) is 0. The number of aromatic hydroxyl groups is 2. The largest absolute Gasteiger partial charge is 0.504 e. The van der Waals surface area contributed by atoms with Gasteiger partial charge in [-0.1, -0.05) is 18.2 Å². The van der Waals surface area contributed by atoms with Gasteiger partial charge in [-0.05, 0) is 36.8 Å². The average Bonchev–Trinajstić information content (AvgIpc) is 2.43. The van der Waals surface area contributed by atoms with Crippen LogP contribution in [0.25, 0.3) is 0 Å². The summed E-state index contributed by atoms with van der Waals surface area (Å²) >= 11 is 0. The fourth-order valence-electron chi connectivity index (χ4n) is 1.89. The number of rotatable bonds is 4. The second-order valence-corrected chi connectivity index (χ2v) is 4.69. The number of phenolic OH excluding ortho intramolecular Hbond substituents is 2. The molecule has 0 heterocycles. The number of anilines is 1. The fourth-order valence-corrected chi connectivity index (χ4v) is 1.89. The third-order valence-electron chi connectivity index (χ3n) is 2.96. The van der Waals surface area contributed by atoms with Crippen LogP contribution in [0.15, 0.2) is 42.5 Å². The molecular weight excluding hydrogens is 270 g/mol. The maximum absolute atomic E-state index is 11.9. The standard InChI is InChI=1S/C16H15NO4/c1-10(18)12-3-2-4-13(9-12)17-16(21)8-11-5-6-14(19)15(20)7-11/h2-7,9,19-20H,8H2,1H3,(H,17,21). The Bertz CT molecular complexity index is 694. The Kier molecular flexibility index (Phi) is 4.23. The van der Waals surface area contributed by atoms with Crippen molar-refractivity contribution in [2.75, 3.05) is 5.32 Å². The van der Waals surface area contributed by atoms with Crippen molar-refractivity contribution in [1.82, 2.24) is 0 Å². The number of Topliss-reactive ketones (excluding diaryl/α,β-unsaturated/α-hetero) is 1. The van der Waals surface area contributed by atoms with E-state index in [9.17, 15) is 19.8 Å². The topological polar surface area (TPSA) is 86.6 Å². The highest BCUT2D eigenvalue weighted by Crippen LogP contribution is 2.25. The van der Waals surface area contributed by atoms with Crippen molar-refractivity contribution in [3.05, 3.63) is 53.6 Å². The molecule has 0 fully saturated rings. The zero-order valence-electron chi connectivity index (χ0n) is 11.5. The maximum atomic E-state index is 11.9. The Balaban J connectivity index is 2.06. The van der Waals surface area contributed by atoms with Gasteiger partial charge in [-0.2, -0.15) is 0 Å². The first kappa shape index (κ1) is 14.6. The lowest BCUT2D eigenvalue weighted by Crippen LogP contribution is -2.14. The predicted octanol–water partition coefficient (Wildman–Crippen LogP) is 2.48. The first-order valence-electron chi connectivity index (χ1n) is 6.37. The van der Waals surface area contributed by atoms with Crippen molar-refractivity contribution in [2.45, 2.75) is 13.3 Å². The molecule has 0 atom stereocenters. The number of amides is 1. The summed E-state index contributed by atoms with van der Waals surface area (Å²) in [5, 5.41) is 21.3. The van der Waals surface area contributed by atoms with E-state index in [0.29, 0.717) is 16.8 Å². The minimum Gasteiger partial charge on any atom is -0.504 e. The molecule has 2 rings (SSSR count). The molecule has 0 radical (unpaired) electrons. The second-order valence-electron chi connectivity index (χ2n) is 4.69. The molecule has 0 saturated carbocycles. The Labute approximate surface area is 121 Å². The summed E-state index contributed by atoms with van der Waals surface area (Å²) in [5.74, 6) is -0.845. The Morgan fingerprint density at radius 2 is 1.81 bits per heavy atom. The Morgan fingerprint density at radius 3 is 2.48 bits per heavy atom. The molecule has 5 nitrogen and oxygen atoms in total. The van der Waals surface area contributed by atoms with Crippen molar-refractivity contribution in [3.63, 3.8) is 0 Å². The first-order chi connectivity index (χ1) is 9.95. The molecule has 0 aromatic heterocycles. The van der Waals surface area contributed by atoms with E-state index in [4.69, 9.17) is 0 Å². The molecule has 2 aromatic carbocycles. The summed E-state index contributed by atoms with van der Waals surface area (Å²) in [6, 6.07) is 10.9. The molecule has 0 bridgehead atoms. The van der Waals surface area contributed by atoms with E-state index in [2.05, 4.69) is 5.32 Å². The average molecular weight is 285 g/mol. The molecule has 108 valence electrons. The highest BCUT2D eigenvalue weighted by Gasteiger charge is 2.08. The van der Waals surface area contributed by atoms with Gasteiger partial charge in [0.15, 0.2) is 17.3 Å². The summed E-state index contributed by atoms with van der Waals surface area (Å²) in [4.78, 5) is 23.2. The highest BCUT2D eigenvalue weighted by molar-refractivity contribution is 5.97. The fraction of sp³-hybridized carbons (Fsp3) is 0.125. The van der Waals surface area contributed by atoms with Crippen LogP contribution in [0.3, 0.4) is 0 Å². The lowest BCUT2D eigenvalue weighted by molar-refractivity contribution is -0.115. The first-order valence-corrected chi connectivity index (χ1v) is 6.37. The number of carbonyl (C=O) groups is 2. The van der Waals surface area contributed by atoms with Crippen molar-refractivity contribution >= 4 is 17.4 Å². The third kappa shape index (κ3) is 3.82. The molecule has 0 aliphatic carbocycles. The molecule has 2 aromatic rings. The zero-order valence-corrected chi connectivity index (χ0v) is 11.5. The normalized spacial score (nSPS) is 10.1. The number of ketones is 1. The monoisotopic (exact) mass is 285 g/mol. The summed E-state index contributed by atoms with van der Waals surface area (Å²) in [6.07, 6.45) is 0.0537. The van der Waals surface area contributed by atoms with E-state index in [0.717, 1.165) is 0 Å². The molecule has 21 heavy (non-hydrogen) atoms. The van der Waals surface area contributed by atoms with Crippen LogP contribution < -0.4 is 5.32 Å². The van der Waals surface area contributed by atoms with Gasteiger partial charge in [-0.3, -0.25) is 9.59 Å². The molecule has 1 amide bonds. The molecule has 3 N–H and O–H groups in total.